The SMILES string of the molecule is CC#CC(=O)Nc1c[nH]c2ncnc(OCCc3ccccc3)c12. The van der Waals surface area contributed by atoms with E-state index in [4.69, 9.17) is 4.74 Å². The highest BCUT2D eigenvalue weighted by Crippen LogP contribution is 2.29. The van der Waals surface area contributed by atoms with Crippen LogP contribution in [0.25, 0.3) is 11.0 Å². The van der Waals surface area contributed by atoms with Gasteiger partial charge in [-0.1, -0.05) is 36.3 Å². The van der Waals surface area contributed by atoms with E-state index in [0.717, 1.165) is 6.42 Å². The molecule has 3 rings (SSSR count). The number of aromatic nitrogens is 3. The highest BCUT2D eigenvalue weighted by atomic mass is 16.5. The van der Waals surface area contributed by atoms with E-state index in [1.54, 1.807) is 13.1 Å². The molecule has 0 spiro atoms. The molecule has 0 saturated heterocycles. The molecule has 0 fully saturated rings. The lowest BCUT2D eigenvalue weighted by molar-refractivity contribution is -0.111. The minimum absolute atomic E-state index is 0.391. The van der Waals surface area contributed by atoms with Gasteiger partial charge in [0.05, 0.1) is 12.3 Å². The third-order valence-electron chi connectivity index (χ3n) is 3.39. The smallest absolute Gasteiger partial charge is 0.300 e. The van der Waals surface area contributed by atoms with Crippen molar-refractivity contribution in [2.75, 3.05) is 11.9 Å². The summed E-state index contributed by atoms with van der Waals surface area (Å²) >= 11 is 0. The Labute approximate surface area is 139 Å². The summed E-state index contributed by atoms with van der Waals surface area (Å²) in [7, 11) is 0. The summed E-state index contributed by atoms with van der Waals surface area (Å²) in [6.07, 6.45) is 3.84. The van der Waals surface area contributed by atoms with Gasteiger partial charge in [0.1, 0.15) is 17.4 Å². The number of rotatable bonds is 5. The van der Waals surface area contributed by atoms with Crippen molar-refractivity contribution in [2.24, 2.45) is 0 Å². The summed E-state index contributed by atoms with van der Waals surface area (Å²) in [5, 5.41) is 3.35. The van der Waals surface area contributed by atoms with Crippen LogP contribution < -0.4 is 10.1 Å². The number of ether oxygens (including phenoxy) is 1. The van der Waals surface area contributed by atoms with Gasteiger partial charge in [0.15, 0.2) is 0 Å². The van der Waals surface area contributed by atoms with Gasteiger partial charge < -0.3 is 15.0 Å². The van der Waals surface area contributed by atoms with Gasteiger partial charge in [-0.3, -0.25) is 4.79 Å². The fourth-order valence-corrected chi connectivity index (χ4v) is 2.32. The van der Waals surface area contributed by atoms with Crippen LogP contribution in [0.5, 0.6) is 5.88 Å². The van der Waals surface area contributed by atoms with Gasteiger partial charge in [0.25, 0.3) is 5.91 Å². The Morgan fingerprint density at radius 1 is 1.29 bits per heavy atom. The van der Waals surface area contributed by atoms with E-state index in [9.17, 15) is 4.79 Å². The molecular weight excluding hydrogens is 304 g/mol. The number of amides is 1. The summed E-state index contributed by atoms with van der Waals surface area (Å²) in [5.41, 5.74) is 2.33. The lowest BCUT2D eigenvalue weighted by Gasteiger charge is -2.07. The van der Waals surface area contributed by atoms with Crippen molar-refractivity contribution in [3.63, 3.8) is 0 Å². The highest BCUT2D eigenvalue weighted by Gasteiger charge is 2.13. The number of benzene rings is 1. The number of fused-ring (bicyclic) bond motifs is 1. The Hall–Kier alpha value is -3.33. The molecular formula is C18H16N4O2. The lowest BCUT2D eigenvalue weighted by Crippen LogP contribution is -2.09. The number of hydrogen-bond acceptors (Lipinski definition) is 4. The molecule has 6 nitrogen and oxygen atoms in total. The summed E-state index contributed by atoms with van der Waals surface area (Å²) in [6.45, 7) is 2.08. The number of carbonyl (C=O) groups is 1. The second-order valence-electron chi connectivity index (χ2n) is 5.02. The molecule has 2 N–H and O–H groups in total. The van der Waals surface area contributed by atoms with Crippen molar-refractivity contribution < 1.29 is 9.53 Å². The average molecular weight is 320 g/mol. The van der Waals surface area contributed by atoms with Crippen molar-refractivity contribution in [1.29, 1.82) is 0 Å². The second kappa shape index (κ2) is 7.29. The van der Waals surface area contributed by atoms with E-state index in [-0.39, 0.29) is 0 Å². The Morgan fingerprint density at radius 2 is 2.12 bits per heavy atom. The fraction of sp³-hybridized carbons (Fsp3) is 0.167. The molecule has 2 heterocycles. The average Bonchev–Trinajstić information content (AvgIpc) is 3.00. The molecule has 0 bridgehead atoms. The number of carbonyl (C=O) groups excluding carboxylic acids is 1. The van der Waals surface area contributed by atoms with Crippen LogP contribution in [0.15, 0.2) is 42.9 Å². The molecule has 0 unspecified atom stereocenters. The van der Waals surface area contributed by atoms with Gasteiger partial charge in [0.2, 0.25) is 5.88 Å². The molecule has 0 aliphatic heterocycles. The molecule has 0 aliphatic carbocycles. The fourth-order valence-electron chi connectivity index (χ4n) is 2.32. The first kappa shape index (κ1) is 15.6. The van der Waals surface area contributed by atoms with Crippen molar-refractivity contribution in [1.82, 2.24) is 15.0 Å². The van der Waals surface area contributed by atoms with Gasteiger partial charge in [0, 0.05) is 12.6 Å². The van der Waals surface area contributed by atoms with Crippen LogP contribution in [-0.2, 0) is 11.2 Å². The maximum atomic E-state index is 11.7. The quantitative estimate of drug-likeness (QED) is 0.708. The van der Waals surface area contributed by atoms with Crippen molar-refractivity contribution in [3.8, 4) is 17.7 Å². The van der Waals surface area contributed by atoms with Gasteiger partial charge in [-0.25, -0.2) is 9.97 Å². The summed E-state index contributed by atoms with van der Waals surface area (Å²) in [6, 6.07) is 10.1. The van der Waals surface area contributed by atoms with E-state index in [1.165, 1.54) is 11.9 Å². The van der Waals surface area contributed by atoms with Gasteiger partial charge in [-0.2, -0.15) is 0 Å². The van der Waals surface area contributed by atoms with Crippen LogP contribution in [0.2, 0.25) is 0 Å². The summed E-state index contributed by atoms with van der Waals surface area (Å²) in [5.74, 6) is 5.03. The van der Waals surface area contributed by atoms with Gasteiger partial charge >= 0.3 is 0 Å². The zero-order valence-electron chi connectivity index (χ0n) is 13.2. The monoisotopic (exact) mass is 320 g/mol. The maximum Gasteiger partial charge on any atom is 0.300 e. The van der Waals surface area contributed by atoms with Gasteiger partial charge in [-0.05, 0) is 18.4 Å². The van der Waals surface area contributed by atoms with Crippen LogP contribution in [0, 0.1) is 11.8 Å². The van der Waals surface area contributed by atoms with Crippen LogP contribution in [-0.4, -0.2) is 27.5 Å². The number of nitrogens with one attached hydrogen (secondary N) is 2. The molecule has 0 aliphatic rings. The first-order valence-corrected chi connectivity index (χ1v) is 7.50. The zero-order valence-corrected chi connectivity index (χ0v) is 13.2. The molecule has 0 atom stereocenters. The van der Waals surface area contributed by atoms with Crippen LogP contribution in [0.1, 0.15) is 12.5 Å². The van der Waals surface area contributed by atoms with E-state index in [0.29, 0.717) is 29.2 Å². The molecule has 1 amide bonds. The number of H-pyrrole nitrogens is 1. The molecule has 6 heteroatoms. The van der Waals surface area contributed by atoms with Gasteiger partial charge in [-0.15, -0.1) is 0 Å². The minimum atomic E-state index is -0.391. The number of nitrogens with zero attached hydrogens (tertiary/aromatic N) is 2. The van der Waals surface area contributed by atoms with Crippen LogP contribution >= 0.6 is 0 Å². The summed E-state index contributed by atoms with van der Waals surface area (Å²) in [4.78, 5) is 23.0. The van der Waals surface area contributed by atoms with Crippen molar-refractivity contribution >= 4 is 22.6 Å². The maximum absolute atomic E-state index is 11.7. The molecule has 0 saturated carbocycles. The van der Waals surface area contributed by atoms with E-state index in [1.807, 2.05) is 30.3 Å². The highest BCUT2D eigenvalue weighted by molar-refractivity contribution is 6.09. The lowest BCUT2D eigenvalue weighted by atomic mass is 10.2. The Kier molecular flexibility index (Phi) is 4.73. The molecule has 3 aromatic rings. The number of anilines is 1. The largest absolute Gasteiger partial charge is 0.477 e. The zero-order chi connectivity index (χ0) is 16.8. The van der Waals surface area contributed by atoms with Crippen molar-refractivity contribution in [3.05, 3.63) is 48.4 Å². The van der Waals surface area contributed by atoms with E-state index < -0.39 is 5.91 Å². The summed E-state index contributed by atoms with van der Waals surface area (Å²) < 4.78 is 5.81. The van der Waals surface area contributed by atoms with Crippen molar-refractivity contribution in [2.45, 2.75) is 13.3 Å². The Bertz CT molecular complexity index is 907. The van der Waals surface area contributed by atoms with Crippen LogP contribution in [0.4, 0.5) is 5.69 Å². The topological polar surface area (TPSA) is 79.9 Å². The normalized spacial score (nSPS) is 10.0. The van der Waals surface area contributed by atoms with E-state index in [2.05, 4.69) is 32.1 Å². The minimum Gasteiger partial charge on any atom is -0.477 e. The molecule has 24 heavy (non-hydrogen) atoms. The third kappa shape index (κ3) is 3.52. The third-order valence-corrected chi connectivity index (χ3v) is 3.39. The number of aromatic amines is 1. The first-order valence-electron chi connectivity index (χ1n) is 7.50. The Morgan fingerprint density at radius 3 is 2.92 bits per heavy atom. The predicted octanol–water partition coefficient (Wildman–Crippen LogP) is 2.54. The molecule has 1 aromatic carbocycles. The van der Waals surface area contributed by atoms with E-state index >= 15 is 0 Å². The van der Waals surface area contributed by atoms with Crippen LogP contribution in [0.3, 0.4) is 0 Å². The first-order chi connectivity index (χ1) is 11.8. The second-order valence-corrected chi connectivity index (χ2v) is 5.02. The molecule has 120 valence electrons. The molecule has 0 radical (unpaired) electrons. The number of hydrogen-bond donors (Lipinski definition) is 2. The predicted molar refractivity (Wildman–Crippen MR) is 91.6 cm³/mol. The molecule has 2 aromatic heterocycles. The standard InChI is InChI=1S/C18H16N4O2/c1-2-6-15(23)22-14-11-19-17-16(14)18(21-12-20-17)24-10-9-13-7-4-3-5-8-13/h3-5,7-8,11-12H,9-10H2,1H3,(H,22,23)(H,19,20,21). The Balaban J connectivity index is 1.78.